The Morgan fingerprint density at radius 3 is 2.18 bits per heavy atom. The van der Waals surface area contributed by atoms with Crippen molar-refractivity contribution in [2.24, 2.45) is 0 Å². The van der Waals surface area contributed by atoms with Crippen LogP contribution in [0.25, 0.3) is 0 Å². The van der Waals surface area contributed by atoms with E-state index in [1.54, 1.807) is 36.4 Å². The first kappa shape index (κ1) is 19.9. The molecule has 0 aromatic heterocycles. The van der Waals surface area contributed by atoms with Gasteiger partial charge in [-0.05, 0) is 67.4 Å². The van der Waals surface area contributed by atoms with Crippen molar-refractivity contribution in [3.63, 3.8) is 0 Å². The maximum absolute atomic E-state index is 13.7. The Bertz CT molecular complexity index is 1140. The third-order valence-corrected chi connectivity index (χ3v) is 6.57. The quantitative estimate of drug-likeness (QED) is 0.622. The van der Waals surface area contributed by atoms with Gasteiger partial charge in [0.25, 0.3) is 10.0 Å². The molecule has 28 heavy (non-hydrogen) atoms. The van der Waals surface area contributed by atoms with Crippen molar-refractivity contribution in [3.8, 4) is 0 Å². The summed E-state index contributed by atoms with van der Waals surface area (Å²) >= 11 is 5.97. The predicted molar refractivity (Wildman–Crippen MR) is 110 cm³/mol. The van der Waals surface area contributed by atoms with E-state index in [1.807, 2.05) is 19.1 Å². The molecule has 5 nitrogen and oxygen atoms in total. The lowest BCUT2D eigenvalue weighted by Crippen LogP contribution is -2.28. The largest absolute Gasteiger partial charge is 0.478 e. The minimum atomic E-state index is -4.10. The Kier molecular flexibility index (Phi) is 5.45. The number of benzene rings is 3. The molecule has 0 heterocycles. The van der Waals surface area contributed by atoms with Gasteiger partial charge in [-0.1, -0.05) is 35.9 Å². The van der Waals surface area contributed by atoms with Gasteiger partial charge in [0.15, 0.2) is 0 Å². The number of hydrogen-bond acceptors (Lipinski definition) is 3. The number of para-hydroxylation sites is 1. The number of carboxylic acids is 1. The molecule has 3 aromatic rings. The van der Waals surface area contributed by atoms with Crippen LogP contribution < -0.4 is 4.31 Å². The standard InChI is InChI=1S/C21H18ClNO4S/c1-14-6-3-4-8-19(14)23(17-12-10-16(22)11-13-17)28(26,27)20-9-5-7-18(15(20)2)21(24)25/h3-13H,1-2H3,(H,24,25). The van der Waals surface area contributed by atoms with Gasteiger partial charge in [-0.25, -0.2) is 17.5 Å². The Morgan fingerprint density at radius 2 is 1.57 bits per heavy atom. The first-order valence-electron chi connectivity index (χ1n) is 8.43. The molecule has 0 aliphatic heterocycles. The first-order valence-corrected chi connectivity index (χ1v) is 10.2. The van der Waals surface area contributed by atoms with Crippen LogP contribution in [-0.4, -0.2) is 19.5 Å². The van der Waals surface area contributed by atoms with Gasteiger partial charge in [0.2, 0.25) is 0 Å². The number of carboxylic acid groups (broad SMARTS) is 1. The minimum Gasteiger partial charge on any atom is -0.478 e. The molecule has 0 amide bonds. The maximum Gasteiger partial charge on any atom is 0.335 e. The SMILES string of the molecule is Cc1ccccc1N(c1ccc(Cl)cc1)S(=O)(=O)c1cccc(C(=O)O)c1C. The monoisotopic (exact) mass is 415 g/mol. The molecule has 0 radical (unpaired) electrons. The van der Waals surface area contributed by atoms with Crippen LogP contribution in [0.2, 0.25) is 5.02 Å². The maximum atomic E-state index is 13.7. The van der Waals surface area contributed by atoms with Crippen LogP contribution in [0.3, 0.4) is 0 Å². The predicted octanol–water partition coefficient (Wildman–Crippen LogP) is 5.18. The van der Waals surface area contributed by atoms with Crippen molar-refractivity contribution < 1.29 is 18.3 Å². The zero-order valence-corrected chi connectivity index (χ0v) is 16.8. The molecule has 1 N–H and O–H groups in total. The summed E-state index contributed by atoms with van der Waals surface area (Å²) in [4.78, 5) is 11.4. The van der Waals surface area contributed by atoms with Crippen molar-refractivity contribution in [3.05, 3.63) is 88.4 Å². The molecule has 3 rings (SSSR count). The number of aromatic carboxylic acids is 1. The van der Waals surface area contributed by atoms with E-state index >= 15 is 0 Å². The van der Waals surface area contributed by atoms with Gasteiger partial charge in [0, 0.05) is 5.02 Å². The van der Waals surface area contributed by atoms with Gasteiger partial charge in [-0.15, -0.1) is 0 Å². The van der Waals surface area contributed by atoms with E-state index in [1.165, 1.54) is 29.4 Å². The van der Waals surface area contributed by atoms with Gasteiger partial charge in [-0.2, -0.15) is 0 Å². The average Bonchev–Trinajstić information content (AvgIpc) is 2.64. The summed E-state index contributed by atoms with van der Waals surface area (Å²) in [6, 6.07) is 17.8. The van der Waals surface area contributed by atoms with Crippen LogP contribution in [0.1, 0.15) is 21.5 Å². The summed E-state index contributed by atoms with van der Waals surface area (Å²) in [6.07, 6.45) is 0. The molecule has 0 fully saturated rings. The highest BCUT2D eigenvalue weighted by Gasteiger charge is 2.30. The van der Waals surface area contributed by atoms with Crippen molar-refractivity contribution in [2.75, 3.05) is 4.31 Å². The summed E-state index contributed by atoms with van der Waals surface area (Å²) in [6.45, 7) is 3.31. The van der Waals surface area contributed by atoms with Crippen molar-refractivity contribution in [2.45, 2.75) is 18.7 Å². The molecule has 0 bridgehead atoms. The minimum absolute atomic E-state index is 0.0538. The summed E-state index contributed by atoms with van der Waals surface area (Å²) in [7, 11) is -4.10. The molecular weight excluding hydrogens is 398 g/mol. The third-order valence-electron chi connectivity index (χ3n) is 4.43. The van der Waals surface area contributed by atoms with E-state index < -0.39 is 16.0 Å². The highest BCUT2D eigenvalue weighted by Crippen LogP contribution is 2.36. The normalized spacial score (nSPS) is 11.2. The molecule has 144 valence electrons. The van der Waals surface area contributed by atoms with Gasteiger partial charge in [0.1, 0.15) is 0 Å². The fourth-order valence-electron chi connectivity index (χ4n) is 3.00. The number of nitrogens with zero attached hydrogens (tertiary/aromatic N) is 1. The lowest BCUT2D eigenvalue weighted by Gasteiger charge is -2.27. The summed E-state index contributed by atoms with van der Waals surface area (Å²) in [5, 5.41) is 9.86. The van der Waals surface area contributed by atoms with Crippen LogP contribution in [0.5, 0.6) is 0 Å². The summed E-state index contributed by atoms with van der Waals surface area (Å²) < 4.78 is 28.5. The van der Waals surface area contributed by atoms with E-state index in [0.717, 1.165) is 5.56 Å². The zero-order chi connectivity index (χ0) is 20.5. The molecule has 0 saturated carbocycles. The Morgan fingerprint density at radius 1 is 0.929 bits per heavy atom. The molecule has 0 atom stereocenters. The lowest BCUT2D eigenvalue weighted by molar-refractivity contribution is 0.0696. The molecule has 0 spiro atoms. The molecule has 0 aliphatic carbocycles. The number of hydrogen-bond donors (Lipinski definition) is 1. The molecule has 3 aromatic carbocycles. The topological polar surface area (TPSA) is 74.7 Å². The van der Waals surface area contributed by atoms with Crippen LogP contribution >= 0.6 is 11.6 Å². The van der Waals surface area contributed by atoms with Crippen LogP contribution in [0.4, 0.5) is 11.4 Å². The molecule has 0 aliphatic rings. The molecule has 7 heteroatoms. The van der Waals surface area contributed by atoms with Crippen molar-refractivity contribution >= 4 is 39.0 Å². The molecule has 0 saturated heterocycles. The first-order chi connectivity index (χ1) is 13.2. The molecule has 0 unspecified atom stereocenters. The van der Waals surface area contributed by atoms with Gasteiger partial charge in [0.05, 0.1) is 21.8 Å². The van der Waals surface area contributed by atoms with E-state index in [2.05, 4.69) is 0 Å². The van der Waals surface area contributed by atoms with Crippen LogP contribution in [0, 0.1) is 13.8 Å². The Balaban J connectivity index is 2.29. The van der Waals surface area contributed by atoms with E-state index in [9.17, 15) is 18.3 Å². The Labute approximate surface area is 168 Å². The van der Waals surface area contributed by atoms with Gasteiger partial charge >= 0.3 is 5.97 Å². The summed E-state index contributed by atoms with van der Waals surface area (Å²) in [5.74, 6) is -1.18. The van der Waals surface area contributed by atoms with E-state index in [0.29, 0.717) is 16.4 Å². The van der Waals surface area contributed by atoms with Crippen molar-refractivity contribution in [1.82, 2.24) is 0 Å². The second-order valence-corrected chi connectivity index (χ2v) is 8.46. The third kappa shape index (κ3) is 3.61. The second kappa shape index (κ2) is 7.66. The van der Waals surface area contributed by atoms with Crippen molar-refractivity contribution in [1.29, 1.82) is 0 Å². The highest BCUT2D eigenvalue weighted by atomic mass is 35.5. The van der Waals surface area contributed by atoms with Crippen LogP contribution in [0.15, 0.2) is 71.6 Å². The second-order valence-electron chi connectivity index (χ2n) is 6.27. The average molecular weight is 416 g/mol. The van der Waals surface area contributed by atoms with Gasteiger partial charge in [-0.3, -0.25) is 0 Å². The Hall–Kier alpha value is -2.83. The zero-order valence-electron chi connectivity index (χ0n) is 15.3. The number of halogens is 1. The number of anilines is 2. The number of aryl methyl sites for hydroxylation is 1. The number of rotatable bonds is 5. The van der Waals surface area contributed by atoms with E-state index in [4.69, 9.17) is 11.6 Å². The number of carbonyl (C=O) groups is 1. The summed E-state index contributed by atoms with van der Waals surface area (Å²) in [5.41, 5.74) is 1.77. The number of sulfonamides is 1. The highest BCUT2D eigenvalue weighted by molar-refractivity contribution is 7.93. The molecular formula is C21H18ClNO4S. The fraction of sp³-hybridized carbons (Fsp3) is 0.0952. The lowest BCUT2D eigenvalue weighted by atomic mass is 10.1. The van der Waals surface area contributed by atoms with E-state index in [-0.39, 0.29) is 16.0 Å². The van der Waals surface area contributed by atoms with Crippen LogP contribution in [-0.2, 0) is 10.0 Å². The van der Waals surface area contributed by atoms with Gasteiger partial charge < -0.3 is 5.11 Å². The smallest absolute Gasteiger partial charge is 0.335 e. The fourth-order valence-corrected chi connectivity index (χ4v) is 4.93.